The number of carbonyl (C=O) groups is 1. The highest BCUT2D eigenvalue weighted by Crippen LogP contribution is 2.28. The topological polar surface area (TPSA) is 64.2 Å². The smallest absolute Gasteiger partial charge is 0.257 e. The Morgan fingerprint density at radius 1 is 1.35 bits per heavy atom. The standard InChI is InChI=1S/C18H24N4O/c1-13-6-4-5-7-15(13)22-11-14(10-20-22)17(23)21-9-8-16(19)18(2,3)12-21/h4-7,10-11,16H,8-9,12,19H2,1-3H3. The predicted octanol–water partition coefficient (Wildman–Crippen LogP) is 2.38. The lowest BCUT2D eigenvalue weighted by molar-refractivity contribution is 0.0533. The molecule has 1 amide bonds. The van der Waals surface area contributed by atoms with Crippen LogP contribution in [-0.4, -0.2) is 39.7 Å². The Balaban J connectivity index is 1.81. The first-order chi connectivity index (χ1) is 10.9. The number of rotatable bonds is 2. The maximum atomic E-state index is 12.8. The second kappa shape index (κ2) is 5.81. The van der Waals surface area contributed by atoms with Crippen LogP contribution in [-0.2, 0) is 0 Å². The van der Waals surface area contributed by atoms with Crippen molar-refractivity contribution in [1.29, 1.82) is 0 Å². The third-order valence-corrected chi connectivity index (χ3v) is 4.79. The molecular formula is C18H24N4O. The van der Waals surface area contributed by atoms with E-state index in [1.54, 1.807) is 10.9 Å². The molecule has 2 N–H and O–H groups in total. The van der Waals surface area contributed by atoms with Crippen LogP contribution >= 0.6 is 0 Å². The summed E-state index contributed by atoms with van der Waals surface area (Å²) in [6.45, 7) is 7.66. The minimum atomic E-state index is -0.0556. The van der Waals surface area contributed by atoms with Gasteiger partial charge in [0.1, 0.15) is 0 Å². The van der Waals surface area contributed by atoms with Gasteiger partial charge in [-0.1, -0.05) is 32.0 Å². The Kier molecular flexibility index (Phi) is 3.98. The van der Waals surface area contributed by atoms with E-state index in [4.69, 9.17) is 5.73 Å². The average molecular weight is 312 g/mol. The van der Waals surface area contributed by atoms with Crippen molar-refractivity contribution in [3.63, 3.8) is 0 Å². The molecule has 3 rings (SSSR count). The number of nitrogens with two attached hydrogens (primary N) is 1. The second-order valence-electron chi connectivity index (χ2n) is 7.07. The number of hydrogen-bond donors (Lipinski definition) is 1. The quantitative estimate of drug-likeness (QED) is 0.926. The van der Waals surface area contributed by atoms with Crippen molar-refractivity contribution in [2.24, 2.45) is 11.1 Å². The molecule has 1 aliphatic heterocycles. The van der Waals surface area contributed by atoms with Crippen molar-refractivity contribution in [2.45, 2.75) is 33.2 Å². The Bertz CT molecular complexity index is 719. The molecule has 23 heavy (non-hydrogen) atoms. The molecule has 122 valence electrons. The van der Waals surface area contributed by atoms with Gasteiger partial charge in [-0.05, 0) is 30.4 Å². The van der Waals surface area contributed by atoms with E-state index < -0.39 is 0 Å². The highest BCUT2D eigenvalue weighted by molar-refractivity contribution is 5.94. The Hall–Kier alpha value is -2.14. The van der Waals surface area contributed by atoms with E-state index in [2.05, 4.69) is 18.9 Å². The maximum Gasteiger partial charge on any atom is 0.257 e. The van der Waals surface area contributed by atoms with Crippen molar-refractivity contribution in [1.82, 2.24) is 14.7 Å². The van der Waals surface area contributed by atoms with Crippen molar-refractivity contribution >= 4 is 5.91 Å². The van der Waals surface area contributed by atoms with Gasteiger partial charge in [0.05, 0.1) is 17.4 Å². The largest absolute Gasteiger partial charge is 0.338 e. The molecular weight excluding hydrogens is 288 g/mol. The van der Waals surface area contributed by atoms with Crippen molar-refractivity contribution in [3.05, 3.63) is 47.8 Å². The summed E-state index contributed by atoms with van der Waals surface area (Å²) >= 11 is 0. The molecule has 1 aromatic heterocycles. The number of amides is 1. The normalized spacial score (nSPS) is 20.5. The first-order valence-corrected chi connectivity index (χ1v) is 8.04. The van der Waals surface area contributed by atoms with E-state index >= 15 is 0 Å². The summed E-state index contributed by atoms with van der Waals surface area (Å²) in [7, 11) is 0. The van der Waals surface area contributed by atoms with Crippen LogP contribution in [0.2, 0.25) is 0 Å². The number of piperidine rings is 1. The van der Waals surface area contributed by atoms with Gasteiger partial charge in [0.15, 0.2) is 0 Å². The van der Waals surface area contributed by atoms with Gasteiger partial charge in [0, 0.05) is 25.3 Å². The minimum absolute atomic E-state index is 0.0322. The van der Waals surface area contributed by atoms with Gasteiger partial charge in [0.25, 0.3) is 5.91 Å². The molecule has 5 nitrogen and oxygen atoms in total. The van der Waals surface area contributed by atoms with E-state index in [9.17, 15) is 4.79 Å². The maximum absolute atomic E-state index is 12.8. The summed E-state index contributed by atoms with van der Waals surface area (Å²) in [6, 6.07) is 8.14. The fraction of sp³-hybridized carbons (Fsp3) is 0.444. The third kappa shape index (κ3) is 3.01. The third-order valence-electron chi connectivity index (χ3n) is 4.79. The monoisotopic (exact) mass is 312 g/mol. The summed E-state index contributed by atoms with van der Waals surface area (Å²) in [5, 5.41) is 4.36. The highest BCUT2D eigenvalue weighted by atomic mass is 16.2. The van der Waals surface area contributed by atoms with Gasteiger partial charge in [0.2, 0.25) is 0 Å². The molecule has 1 aliphatic rings. The molecule has 1 unspecified atom stereocenters. The molecule has 2 heterocycles. The van der Waals surface area contributed by atoms with Crippen LogP contribution < -0.4 is 5.73 Å². The molecule has 1 atom stereocenters. The second-order valence-corrected chi connectivity index (χ2v) is 7.07. The van der Waals surface area contributed by atoms with Crippen LogP contribution in [0.3, 0.4) is 0 Å². The lowest BCUT2D eigenvalue weighted by Gasteiger charge is -2.42. The van der Waals surface area contributed by atoms with E-state index in [-0.39, 0.29) is 17.4 Å². The summed E-state index contributed by atoms with van der Waals surface area (Å²) in [4.78, 5) is 14.6. The molecule has 2 aromatic rings. The van der Waals surface area contributed by atoms with Gasteiger partial charge < -0.3 is 10.6 Å². The first-order valence-electron chi connectivity index (χ1n) is 8.04. The van der Waals surface area contributed by atoms with Crippen molar-refractivity contribution < 1.29 is 4.79 Å². The summed E-state index contributed by atoms with van der Waals surface area (Å²) < 4.78 is 1.77. The van der Waals surface area contributed by atoms with Gasteiger partial charge in [-0.15, -0.1) is 0 Å². The fourth-order valence-electron chi connectivity index (χ4n) is 3.12. The Morgan fingerprint density at radius 3 is 2.78 bits per heavy atom. The van der Waals surface area contributed by atoms with Crippen LogP contribution in [0.4, 0.5) is 0 Å². The van der Waals surface area contributed by atoms with E-state index in [1.165, 1.54) is 0 Å². The molecule has 1 fully saturated rings. The number of hydrogen-bond acceptors (Lipinski definition) is 3. The Labute approximate surface area is 137 Å². The zero-order chi connectivity index (χ0) is 16.6. The van der Waals surface area contributed by atoms with E-state index in [0.29, 0.717) is 18.7 Å². The summed E-state index contributed by atoms with van der Waals surface area (Å²) in [5.74, 6) is 0.0322. The molecule has 0 saturated carbocycles. The fourth-order valence-corrected chi connectivity index (χ4v) is 3.12. The molecule has 0 aliphatic carbocycles. The van der Waals surface area contributed by atoms with Crippen LogP contribution in [0.25, 0.3) is 5.69 Å². The minimum Gasteiger partial charge on any atom is -0.338 e. The van der Waals surface area contributed by atoms with Gasteiger partial charge in [-0.25, -0.2) is 4.68 Å². The van der Waals surface area contributed by atoms with E-state index in [1.807, 2.05) is 42.3 Å². The SMILES string of the molecule is Cc1ccccc1-n1cc(C(=O)N2CCC(N)C(C)(C)C2)cn1. The number of nitrogens with zero attached hydrogens (tertiary/aromatic N) is 3. The molecule has 1 saturated heterocycles. The predicted molar refractivity (Wildman–Crippen MR) is 90.6 cm³/mol. The van der Waals surface area contributed by atoms with Gasteiger partial charge in [-0.2, -0.15) is 5.10 Å². The van der Waals surface area contributed by atoms with Crippen molar-refractivity contribution in [2.75, 3.05) is 13.1 Å². The zero-order valence-corrected chi connectivity index (χ0v) is 14.0. The van der Waals surface area contributed by atoms with Gasteiger partial charge in [-0.3, -0.25) is 4.79 Å². The zero-order valence-electron chi connectivity index (χ0n) is 14.0. The molecule has 5 heteroatoms. The van der Waals surface area contributed by atoms with Crippen LogP contribution in [0.1, 0.15) is 36.2 Å². The number of benzene rings is 1. The van der Waals surface area contributed by atoms with Crippen LogP contribution in [0, 0.1) is 12.3 Å². The average Bonchev–Trinajstić information content (AvgIpc) is 2.99. The Morgan fingerprint density at radius 2 is 2.09 bits per heavy atom. The summed E-state index contributed by atoms with van der Waals surface area (Å²) in [6.07, 6.45) is 4.30. The number of carbonyl (C=O) groups excluding carboxylic acids is 1. The lowest BCUT2D eigenvalue weighted by Crippen LogP contribution is -2.53. The van der Waals surface area contributed by atoms with Crippen molar-refractivity contribution in [3.8, 4) is 5.69 Å². The number of aryl methyl sites for hydroxylation is 1. The molecule has 0 radical (unpaired) electrons. The highest BCUT2D eigenvalue weighted by Gasteiger charge is 2.35. The number of aromatic nitrogens is 2. The first kappa shape index (κ1) is 15.7. The van der Waals surface area contributed by atoms with Crippen LogP contribution in [0.5, 0.6) is 0 Å². The molecule has 1 aromatic carbocycles. The number of para-hydroxylation sites is 1. The molecule has 0 spiro atoms. The number of likely N-dealkylation sites (tertiary alicyclic amines) is 1. The van der Waals surface area contributed by atoms with Crippen LogP contribution in [0.15, 0.2) is 36.7 Å². The lowest BCUT2D eigenvalue weighted by atomic mass is 9.79. The van der Waals surface area contributed by atoms with Gasteiger partial charge >= 0.3 is 0 Å². The summed E-state index contributed by atoms with van der Waals surface area (Å²) in [5.41, 5.74) is 8.84. The molecule has 0 bridgehead atoms. The van der Waals surface area contributed by atoms with E-state index in [0.717, 1.165) is 17.7 Å².